The molecule has 3 N–H and O–H groups in total. The van der Waals surface area contributed by atoms with Crippen LogP contribution in [0.3, 0.4) is 0 Å². The summed E-state index contributed by atoms with van der Waals surface area (Å²) in [4.78, 5) is 2.53. The molecule has 2 unspecified atom stereocenters. The number of hydrogen-bond donors (Lipinski definition) is 3. The fraction of sp³-hybridized carbons (Fsp3) is 0.727. The highest BCUT2D eigenvalue weighted by atomic mass is 16.3. The van der Waals surface area contributed by atoms with Gasteiger partial charge in [0.2, 0.25) is 0 Å². The van der Waals surface area contributed by atoms with Gasteiger partial charge in [0.05, 0.1) is 6.10 Å². The number of aliphatic hydroxyl groups is 2. The number of piperidine rings is 1. The van der Waals surface area contributed by atoms with Crippen LogP contribution in [0.25, 0.3) is 0 Å². The summed E-state index contributed by atoms with van der Waals surface area (Å²) < 4.78 is 0. The van der Waals surface area contributed by atoms with E-state index in [4.69, 9.17) is 0 Å². The molecule has 0 radical (unpaired) electrons. The number of anilines is 1. The number of fused-ring (bicyclic) bond motifs is 1. The molecule has 144 valence electrons. The lowest BCUT2D eigenvalue weighted by Crippen LogP contribution is -2.45. The molecule has 0 aromatic heterocycles. The van der Waals surface area contributed by atoms with Crippen LogP contribution in [0.1, 0.15) is 55.6 Å². The lowest BCUT2D eigenvalue weighted by molar-refractivity contribution is 0.0268. The summed E-state index contributed by atoms with van der Waals surface area (Å²) in [7, 11) is 0. The molecule has 3 aliphatic rings. The topological polar surface area (TPSA) is 55.7 Å². The summed E-state index contributed by atoms with van der Waals surface area (Å²) in [5.41, 5.74) is 4.30. The third kappa shape index (κ3) is 3.92. The fourth-order valence-electron chi connectivity index (χ4n) is 5.46. The van der Waals surface area contributed by atoms with Crippen molar-refractivity contribution in [3.05, 3.63) is 29.3 Å². The highest BCUT2D eigenvalue weighted by molar-refractivity contribution is 5.57. The second-order valence-corrected chi connectivity index (χ2v) is 8.72. The van der Waals surface area contributed by atoms with Crippen molar-refractivity contribution in [2.24, 2.45) is 11.8 Å². The number of nitrogens with one attached hydrogen (secondary N) is 1. The molecule has 1 saturated carbocycles. The van der Waals surface area contributed by atoms with Gasteiger partial charge in [-0.1, -0.05) is 25.0 Å². The normalized spacial score (nSPS) is 32.7. The van der Waals surface area contributed by atoms with Gasteiger partial charge in [0, 0.05) is 38.5 Å². The van der Waals surface area contributed by atoms with Gasteiger partial charge in [-0.25, -0.2) is 0 Å². The minimum absolute atomic E-state index is 0.134. The number of benzene rings is 1. The van der Waals surface area contributed by atoms with Crippen LogP contribution < -0.4 is 5.32 Å². The molecular formula is C22H34N2O2. The second-order valence-electron chi connectivity index (χ2n) is 8.72. The Balaban J connectivity index is 1.51. The van der Waals surface area contributed by atoms with Crippen molar-refractivity contribution in [2.45, 2.75) is 57.0 Å². The van der Waals surface area contributed by atoms with Crippen LogP contribution in [-0.2, 0) is 6.42 Å². The van der Waals surface area contributed by atoms with Crippen LogP contribution in [-0.4, -0.2) is 54.0 Å². The van der Waals surface area contributed by atoms with Gasteiger partial charge in [-0.05, 0) is 67.1 Å². The van der Waals surface area contributed by atoms with Crippen molar-refractivity contribution in [2.75, 3.05) is 38.1 Å². The summed E-state index contributed by atoms with van der Waals surface area (Å²) in [6, 6.07) is 6.70. The Hall–Kier alpha value is -1.10. The number of aliphatic hydroxyl groups excluding tert-OH is 2. The molecule has 1 saturated heterocycles. The van der Waals surface area contributed by atoms with Crippen molar-refractivity contribution < 1.29 is 10.2 Å². The number of nitrogens with zero attached hydrogens (tertiary/aromatic N) is 1. The Morgan fingerprint density at radius 2 is 2.00 bits per heavy atom. The first-order valence-corrected chi connectivity index (χ1v) is 10.6. The van der Waals surface area contributed by atoms with Crippen molar-refractivity contribution in [1.82, 2.24) is 4.90 Å². The maximum Gasteiger partial charge on any atom is 0.0580 e. The molecule has 2 heterocycles. The third-order valence-electron chi connectivity index (χ3n) is 6.80. The average molecular weight is 359 g/mol. The Kier molecular flexibility index (Phi) is 5.82. The van der Waals surface area contributed by atoms with Crippen LogP contribution >= 0.6 is 0 Å². The summed E-state index contributed by atoms with van der Waals surface area (Å²) in [5.74, 6) is 1.26. The highest BCUT2D eigenvalue weighted by Crippen LogP contribution is 2.37. The van der Waals surface area contributed by atoms with E-state index < -0.39 is 0 Å². The number of hydrogen-bond acceptors (Lipinski definition) is 4. The van der Waals surface area contributed by atoms with Crippen molar-refractivity contribution in [3.8, 4) is 0 Å². The molecule has 1 aromatic carbocycles. The molecule has 4 heteroatoms. The molecule has 26 heavy (non-hydrogen) atoms. The van der Waals surface area contributed by atoms with Gasteiger partial charge in [0.1, 0.15) is 0 Å². The van der Waals surface area contributed by atoms with E-state index in [1.165, 1.54) is 42.5 Å². The molecule has 1 aliphatic carbocycles. The van der Waals surface area contributed by atoms with Gasteiger partial charge >= 0.3 is 0 Å². The smallest absolute Gasteiger partial charge is 0.0580 e. The maximum atomic E-state index is 10.4. The first-order valence-electron chi connectivity index (χ1n) is 10.6. The largest absolute Gasteiger partial charge is 0.396 e. The summed E-state index contributed by atoms with van der Waals surface area (Å²) in [6.45, 7) is 4.38. The standard InChI is InChI=1S/C22H34N2O2/c25-15-16-11-18(19-6-3-8-21-20(19)7-4-10-23-21)14-24(12-16)13-17-5-1-2-9-22(17)26/h3,6,8,16-18,22-23,25-26H,1-2,4-5,7,9-15H2/t16-,17?,18+,22?/m1/s1. The van der Waals surface area contributed by atoms with Gasteiger partial charge < -0.3 is 20.4 Å². The Morgan fingerprint density at radius 3 is 2.85 bits per heavy atom. The first-order chi connectivity index (χ1) is 12.7. The third-order valence-corrected chi connectivity index (χ3v) is 6.80. The molecule has 4 atom stereocenters. The molecule has 2 fully saturated rings. The van der Waals surface area contributed by atoms with E-state index in [1.54, 1.807) is 0 Å². The first kappa shape index (κ1) is 18.3. The summed E-state index contributed by atoms with van der Waals surface area (Å²) in [5, 5.41) is 23.8. The van der Waals surface area contributed by atoms with Crippen LogP contribution in [0.2, 0.25) is 0 Å². The molecule has 0 spiro atoms. The lowest BCUT2D eigenvalue weighted by atomic mass is 9.80. The van der Waals surface area contributed by atoms with Gasteiger partial charge in [0.25, 0.3) is 0 Å². The lowest BCUT2D eigenvalue weighted by Gasteiger charge is -2.41. The van der Waals surface area contributed by atoms with Gasteiger partial charge in [-0.2, -0.15) is 0 Å². The van der Waals surface area contributed by atoms with Crippen LogP contribution in [0, 0.1) is 11.8 Å². The molecule has 4 nitrogen and oxygen atoms in total. The van der Waals surface area contributed by atoms with E-state index >= 15 is 0 Å². The predicted molar refractivity (Wildman–Crippen MR) is 106 cm³/mol. The molecular weight excluding hydrogens is 324 g/mol. The van der Waals surface area contributed by atoms with Crippen molar-refractivity contribution in [3.63, 3.8) is 0 Å². The molecule has 1 aromatic rings. The minimum Gasteiger partial charge on any atom is -0.396 e. The minimum atomic E-state index is -0.134. The predicted octanol–water partition coefficient (Wildman–Crippen LogP) is 2.99. The zero-order valence-electron chi connectivity index (χ0n) is 15.9. The quantitative estimate of drug-likeness (QED) is 0.774. The van der Waals surface area contributed by atoms with E-state index in [9.17, 15) is 10.2 Å². The summed E-state index contributed by atoms with van der Waals surface area (Å²) >= 11 is 0. The van der Waals surface area contributed by atoms with Crippen LogP contribution in [0.15, 0.2) is 18.2 Å². The second kappa shape index (κ2) is 8.28. The number of rotatable bonds is 4. The fourth-order valence-corrected chi connectivity index (χ4v) is 5.46. The number of likely N-dealkylation sites (tertiary alicyclic amines) is 1. The van der Waals surface area contributed by atoms with Crippen LogP contribution in [0.5, 0.6) is 0 Å². The summed E-state index contributed by atoms with van der Waals surface area (Å²) in [6.07, 6.45) is 7.85. The van der Waals surface area contributed by atoms with Gasteiger partial charge in [-0.3, -0.25) is 0 Å². The van der Waals surface area contributed by atoms with E-state index in [-0.39, 0.29) is 12.7 Å². The maximum absolute atomic E-state index is 10.4. The monoisotopic (exact) mass is 358 g/mol. The van der Waals surface area contributed by atoms with Crippen molar-refractivity contribution >= 4 is 5.69 Å². The Morgan fingerprint density at radius 1 is 1.12 bits per heavy atom. The zero-order valence-corrected chi connectivity index (χ0v) is 15.9. The molecule has 2 aliphatic heterocycles. The van der Waals surface area contributed by atoms with E-state index in [0.29, 0.717) is 17.8 Å². The Labute approximate surface area is 157 Å². The Bertz CT molecular complexity index is 606. The van der Waals surface area contributed by atoms with Crippen LogP contribution in [0.4, 0.5) is 5.69 Å². The van der Waals surface area contributed by atoms with Crippen molar-refractivity contribution in [1.29, 1.82) is 0 Å². The highest BCUT2D eigenvalue weighted by Gasteiger charge is 2.33. The van der Waals surface area contributed by atoms with E-state index in [1.807, 2.05) is 0 Å². The molecule has 0 bridgehead atoms. The molecule has 4 rings (SSSR count). The van der Waals surface area contributed by atoms with Gasteiger partial charge in [0.15, 0.2) is 0 Å². The SMILES string of the molecule is OC[C@@H]1C[C@H](c2cccc3c2CCCN3)CN(CC2CCCCC2O)C1. The van der Waals surface area contributed by atoms with Gasteiger partial charge in [-0.15, -0.1) is 0 Å². The zero-order chi connectivity index (χ0) is 17.9. The van der Waals surface area contributed by atoms with E-state index in [0.717, 1.165) is 45.4 Å². The average Bonchev–Trinajstić information content (AvgIpc) is 2.69. The molecule has 0 amide bonds. The van der Waals surface area contributed by atoms with E-state index in [2.05, 4.69) is 28.4 Å².